The molecule has 1 rings (SSSR count). The van der Waals surface area contributed by atoms with E-state index in [1.54, 1.807) is 0 Å². The summed E-state index contributed by atoms with van der Waals surface area (Å²) in [5, 5.41) is 3.10. The molecule has 116 valence electrons. The summed E-state index contributed by atoms with van der Waals surface area (Å²) < 4.78 is 7.32. The molecule has 0 spiro atoms. The number of thiocarbonyl (C=S) groups is 1. The lowest BCUT2D eigenvalue weighted by molar-refractivity contribution is -0.121. The molecule has 0 saturated heterocycles. The fourth-order valence-electron chi connectivity index (χ4n) is 1.75. The monoisotopic (exact) mass is 436 g/mol. The Morgan fingerprint density at radius 2 is 1.95 bits per heavy atom. The Morgan fingerprint density at radius 1 is 1.33 bits per heavy atom. The summed E-state index contributed by atoms with van der Waals surface area (Å²) in [6.45, 7) is 7.33. The second-order valence-electron chi connectivity index (χ2n) is 4.35. The van der Waals surface area contributed by atoms with Gasteiger partial charge in [0.05, 0.1) is 4.47 Å². The Morgan fingerprint density at radius 3 is 2.48 bits per heavy atom. The van der Waals surface area contributed by atoms with Gasteiger partial charge in [0.1, 0.15) is 5.75 Å². The van der Waals surface area contributed by atoms with Crippen molar-refractivity contribution in [3.63, 3.8) is 0 Å². The van der Waals surface area contributed by atoms with E-state index in [1.165, 1.54) is 0 Å². The van der Waals surface area contributed by atoms with Crippen LogP contribution in [0, 0.1) is 6.92 Å². The molecule has 0 aliphatic carbocycles. The average Bonchev–Trinajstić information content (AvgIpc) is 2.38. The fraction of sp³-hybridized carbons (Fsp3) is 0.429. The van der Waals surface area contributed by atoms with E-state index in [0.29, 0.717) is 10.9 Å². The van der Waals surface area contributed by atoms with Crippen LogP contribution in [0.25, 0.3) is 0 Å². The molecule has 0 radical (unpaired) electrons. The zero-order valence-electron chi connectivity index (χ0n) is 12.2. The molecule has 1 aromatic carbocycles. The number of carbonyl (C=O) groups is 1. The average molecular weight is 438 g/mol. The summed E-state index contributed by atoms with van der Waals surface area (Å²) >= 11 is 12.0. The van der Waals surface area contributed by atoms with Crippen molar-refractivity contribution in [3.05, 3.63) is 26.6 Å². The first-order valence-corrected chi connectivity index (χ1v) is 8.55. The van der Waals surface area contributed by atoms with Crippen LogP contribution in [0.15, 0.2) is 21.1 Å². The maximum absolute atomic E-state index is 11.9. The molecule has 1 N–H and O–H groups in total. The van der Waals surface area contributed by atoms with Crippen molar-refractivity contribution in [2.24, 2.45) is 0 Å². The van der Waals surface area contributed by atoms with Crippen molar-refractivity contribution in [1.29, 1.82) is 0 Å². The normalized spacial score (nSPS) is 10.1. The predicted octanol–water partition coefficient (Wildman–Crippen LogP) is 3.64. The Balaban J connectivity index is 2.60. The fourth-order valence-corrected chi connectivity index (χ4v) is 3.68. The first-order valence-electron chi connectivity index (χ1n) is 6.56. The van der Waals surface area contributed by atoms with E-state index in [-0.39, 0.29) is 12.5 Å². The van der Waals surface area contributed by atoms with Crippen molar-refractivity contribution in [3.8, 4) is 5.75 Å². The Bertz CT molecular complexity index is 511. The maximum atomic E-state index is 11.9. The van der Waals surface area contributed by atoms with Gasteiger partial charge in [-0.05, 0) is 66.6 Å². The van der Waals surface area contributed by atoms with Crippen molar-refractivity contribution in [2.45, 2.75) is 20.8 Å². The zero-order valence-corrected chi connectivity index (χ0v) is 16.2. The molecule has 1 amide bonds. The molecular weight excluding hydrogens is 420 g/mol. The molecule has 0 unspecified atom stereocenters. The number of carbonyl (C=O) groups excluding carboxylic acids is 1. The number of amides is 1. The number of hydrogen-bond acceptors (Lipinski definition) is 3. The first kappa shape index (κ1) is 18.4. The second kappa shape index (κ2) is 8.70. The van der Waals surface area contributed by atoms with Crippen LogP contribution in [0.3, 0.4) is 0 Å². The highest BCUT2D eigenvalue weighted by Gasteiger charge is 2.12. The van der Waals surface area contributed by atoms with E-state index in [4.69, 9.17) is 17.0 Å². The Labute approximate surface area is 147 Å². The highest BCUT2D eigenvalue weighted by Crippen LogP contribution is 2.32. The second-order valence-corrected chi connectivity index (χ2v) is 6.50. The number of hydrogen-bond donors (Lipinski definition) is 1. The van der Waals surface area contributed by atoms with Gasteiger partial charge in [-0.2, -0.15) is 0 Å². The molecule has 0 atom stereocenters. The van der Waals surface area contributed by atoms with Gasteiger partial charge >= 0.3 is 0 Å². The molecule has 1 aromatic rings. The van der Waals surface area contributed by atoms with Crippen LogP contribution in [0.4, 0.5) is 0 Å². The van der Waals surface area contributed by atoms with Crippen LogP contribution in [-0.4, -0.2) is 35.6 Å². The molecule has 0 aromatic heterocycles. The van der Waals surface area contributed by atoms with Gasteiger partial charge in [-0.25, -0.2) is 0 Å². The summed E-state index contributed by atoms with van der Waals surface area (Å²) in [5.41, 5.74) is 0.940. The zero-order chi connectivity index (χ0) is 16.0. The van der Waals surface area contributed by atoms with Gasteiger partial charge in [0, 0.05) is 17.6 Å². The van der Waals surface area contributed by atoms with Gasteiger partial charge in [-0.3, -0.25) is 4.79 Å². The quantitative estimate of drug-likeness (QED) is 0.714. The van der Waals surface area contributed by atoms with E-state index in [1.807, 2.05) is 37.8 Å². The van der Waals surface area contributed by atoms with Crippen molar-refractivity contribution in [2.75, 3.05) is 19.7 Å². The SMILES string of the molecule is CCN(CC)C(=S)NC(=O)COc1c(C)cc(Br)cc1Br. The molecule has 7 heteroatoms. The van der Waals surface area contributed by atoms with Gasteiger partial charge < -0.3 is 15.0 Å². The van der Waals surface area contributed by atoms with Crippen LogP contribution in [0.5, 0.6) is 5.75 Å². The summed E-state index contributed by atoms with van der Waals surface area (Å²) in [4.78, 5) is 13.8. The largest absolute Gasteiger partial charge is 0.482 e. The van der Waals surface area contributed by atoms with Crippen LogP contribution in [0.2, 0.25) is 0 Å². The number of rotatable bonds is 5. The van der Waals surface area contributed by atoms with E-state index in [0.717, 1.165) is 27.6 Å². The van der Waals surface area contributed by atoms with Crippen molar-refractivity contribution < 1.29 is 9.53 Å². The lowest BCUT2D eigenvalue weighted by Crippen LogP contribution is -2.44. The number of nitrogens with one attached hydrogen (secondary N) is 1. The summed E-state index contributed by atoms with van der Waals surface area (Å²) in [7, 11) is 0. The molecular formula is C14H18Br2N2O2S. The van der Waals surface area contributed by atoms with E-state index < -0.39 is 0 Å². The predicted molar refractivity (Wildman–Crippen MR) is 95.7 cm³/mol. The molecule has 4 nitrogen and oxygen atoms in total. The van der Waals surface area contributed by atoms with E-state index >= 15 is 0 Å². The number of ether oxygens (including phenoxy) is 1. The number of aryl methyl sites for hydroxylation is 1. The number of nitrogens with zero attached hydrogens (tertiary/aromatic N) is 1. The summed E-state index contributed by atoms with van der Waals surface area (Å²) in [6.07, 6.45) is 0. The minimum Gasteiger partial charge on any atom is -0.482 e. The van der Waals surface area contributed by atoms with Gasteiger partial charge in [0.15, 0.2) is 11.7 Å². The lowest BCUT2D eigenvalue weighted by Gasteiger charge is -2.21. The molecule has 0 bridgehead atoms. The standard InChI is InChI=1S/C14H18Br2N2O2S/c1-4-18(5-2)14(21)17-12(19)8-20-13-9(3)6-10(15)7-11(13)16/h6-7H,4-5,8H2,1-3H3,(H,17,19,21). The summed E-state index contributed by atoms with van der Waals surface area (Å²) in [5.74, 6) is 0.392. The molecule has 0 fully saturated rings. The minimum atomic E-state index is -0.263. The van der Waals surface area contributed by atoms with Crippen molar-refractivity contribution >= 4 is 55.1 Å². The molecule has 0 aliphatic heterocycles. The molecule has 0 saturated carbocycles. The third-order valence-corrected chi connectivity index (χ3v) is 4.25. The van der Waals surface area contributed by atoms with Gasteiger partial charge in [-0.15, -0.1) is 0 Å². The highest BCUT2D eigenvalue weighted by atomic mass is 79.9. The number of halogens is 2. The highest BCUT2D eigenvalue weighted by molar-refractivity contribution is 9.11. The van der Waals surface area contributed by atoms with Crippen LogP contribution in [0.1, 0.15) is 19.4 Å². The van der Waals surface area contributed by atoms with Crippen molar-refractivity contribution in [1.82, 2.24) is 10.2 Å². The van der Waals surface area contributed by atoms with E-state index in [9.17, 15) is 4.79 Å². The maximum Gasteiger partial charge on any atom is 0.264 e. The van der Waals surface area contributed by atoms with Gasteiger partial charge in [-0.1, -0.05) is 15.9 Å². The van der Waals surface area contributed by atoms with Crippen LogP contribution in [-0.2, 0) is 4.79 Å². The van der Waals surface area contributed by atoms with Gasteiger partial charge in [0.25, 0.3) is 5.91 Å². The first-order chi connectivity index (χ1) is 9.88. The summed E-state index contributed by atoms with van der Waals surface area (Å²) in [6, 6.07) is 3.80. The Kier molecular flexibility index (Phi) is 7.62. The van der Waals surface area contributed by atoms with Gasteiger partial charge in [0.2, 0.25) is 0 Å². The minimum absolute atomic E-state index is 0.0809. The Hall–Kier alpha value is -0.660. The van der Waals surface area contributed by atoms with Crippen LogP contribution >= 0.6 is 44.1 Å². The third-order valence-electron chi connectivity index (χ3n) is 2.84. The smallest absolute Gasteiger partial charge is 0.264 e. The lowest BCUT2D eigenvalue weighted by atomic mass is 10.2. The van der Waals surface area contributed by atoms with Crippen LogP contribution < -0.4 is 10.1 Å². The third kappa shape index (κ3) is 5.56. The molecule has 0 heterocycles. The van der Waals surface area contributed by atoms with E-state index in [2.05, 4.69) is 37.2 Å². The number of benzene rings is 1. The molecule has 0 aliphatic rings. The molecule has 21 heavy (non-hydrogen) atoms. The topological polar surface area (TPSA) is 41.6 Å².